The molecule has 6 heteroatoms. The molecule has 0 saturated heterocycles. The van der Waals surface area contributed by atoms with E-state index in [9.17, 15) is 13.6 Å². The van der Waals surface area contributed by atoms with E-state index in [1.807, 2.05) is 0 Å². The second-order valence-electron chi connectivity index (χ2n) is 2.92. The molecule has 0 bridgehead atoms. The van der Waals surface area contributed by atoms with Crippen LogP contribution in [0.15, 0.2) is 12.1 Å². The lowest BCUT2D eigenvalue weighted by atomic mass is 10.1. The zero-order valence-electron chi connectivity index (χ0n) is 8.63. The Morgan fingerprint density at radius 3 is 2.56 bits per heavy atom. The minimum atomic E-state index is -1.13. The molecule has 0 amide bonds. The summed E-state index contributed by atoms with van der Waals surface area (Å²) in [7, 11) is 0. The second-order valence-corrected chi connectivity index (χ2v) is 2.92. The van der Waals surface area contributed by atoms with Crippen molar-refractivity contribution in [2.45, 2.75) is 13.3 Å². The lowest BCUT2D eigenvalue weighted by Gasteiger charge is -2.05. The van der Waals surface area contributed by atoms with Gasteiger partial charge in [0.25, 0.3) is 0 Å². The second kappa shape index (κ2) is 6.27. The van der Waals surface area contributed by atoms with Crippen molar-refractivity contribution in [1.29, 1.82) is 0 Å². The van der Waals surface area contributed by atoms with Crippen molar-refractivity contribution < 1.29 is 18.3 Å². The highest BCUT2D eigenvalue weighted by Crippen LogP contribution is 2.18. The van der Waals surface area contributed by atoms with Crippen LogP contribution in [0.25, 0.3) is 0 Å². The summed E-state index contributed by atoms with van der Waals surface area (Å²) >= 11 is 0. The number of ether oxygens (including phenoxy) is 1. The average molecular weight is 252 g/mol. The number of carbonyl (C=O) groups is 1. The van der Waals surface area contributed by atoms with Gasteiger partial charge in [-0.15, -0.1) is 12.4 Å². The summed E-state index contributed by atoms with van der Waals surface area (Å²) in [6.07, 6.45) is -0.295. The van der Waals surface area contributed by atoms with Crippen LogP contribution in [0.5, 0.6) is 0 Å². The van der Waals surface area contributed by atoms with Crippen LogP contribution in [0, 0.1) is 11.6 Å². The van der Waals surface area contributed by atoms with Gasteiger partial charge in [-0.2, -0.15) is 0 Å². The summed E-state index contributed by atoms with van der Waals surface area (Å²) < 4.78 is 30.8. The van der Waals surface area contributed by atoms with Crippen molar-refractivity contribution in [1.82, 2.24) is 0 Å². The first-order chi connectivity index (χ1) is 7.06. The molecule has 1 aromatic carbocycles. The van der Waals surface area contributed by atoms with Crippen LogP contribution in [-0.2, 0) is 16.0 Å². The molecule has 90 valence electrons. The van der Waals surface area contributed by atoms with Crippen LogP contribution >= 0.6 is 12.4 Å². The van der Waals surface area contributed by atoms with Crippen molar-refractivity contribution in [2.24, 2.45) is 0 Å². The number of rotatable bonds is 3. The van der Waals surface area contributed by atoms with Gasteiger partial charge in [-0.05, 0) is 13.0 Å². The molecule has 0 aliphatic rings. The summed E-state index contributed by atoms with van der Waals surface area (Å²) in [5.74, 6) is -2.82. The van der Waals surface area contributed by atoms with Gasteiger partial charge in [0.1, 0.15) is 0 Å². The maximum atomic E-state index is 13.2. The van der Waals surface area contributed by atoms with Gasteiger partial charge in [0.05, 0.1) is 18.7 Å². The van der Waals surface area contributed by atoms with Crippen LogP contribution in [0.1, 0.15) is 12.5 Å². The zero-order chi connectivity index (χ0) is 11.4. The van der Waals surface area contributed by atoms with Crippen LogP contribution < -0.4 is 5.73 Å². The lowest BCUT2D eigenvalue weighted by Crippen LogP contribution is -2.10. The molecule has 0 aliphatic carbocycles. The van der Waals surface area contributed by atoms with Crippen molar-refractivity contribution in [3.8, 4) is 0 Å². The predicted octanol–water partition coefficient (Wildman–Crippen LogP) is 2.07. The number of hydrogen-bond acceptors (Lipinski definition) is 3. The topological polar surface area (TPSA) is 52.3 Å². The third-order valence-electron chi connectivity index (χ3n) is 1.83. The number of carbonyl (C=O) groups excluding carboxylic acids is 1. The molecule has 0 saturated carbocycles. The van der Waals surface area contributed by atoms with E-state index in [0.29, 0.717) is 0 Å². The Morgan fingerprint density at radius 1 is 1.38 bits per heavy atom. The normalized spacial score (nSPS) is 9.44. The van der Waals surface area contributed by atoms with E-state index in [0.717, 1.165) is 0 Å². The summed E-state index contributed by atoms with van der Waals surface area (Å²) in [6, 6.07) is 2.48. The van der Waals surface area contributed by atoms with Gasteiger partial charge in [-0.25, -0.2) is 8.78 Å². The van der Waals surface area contributed by atoms with Gasteiger partial charge >= 0.3 is 5.97 Å². The largest absolute Gasteiger partial charge is 0.466 e. The SMILES string of the molecule is CCOC(=O)Cc1ccc(N)c(F)c1F.Cl. The maximum absolute atomic E-state index is 13.2. The fourth-order valence-electron chi connectivity index (χ4n) is 1.11. The van der Waals surface area contributed by atoms with Gasteiger partial charge in [0.15, 0.2) is 11.6 Å². The van der Waals surface area contributed by atoms with Gasteiger partial charge in [0.2, 0.25) is 0 Å². The Morgan fingerprint density at radius 2 is 2.00 bits per heavy atom. The number of nitrogens with two attached hydrogens (primary N) is 1. The molecule has 0 heterocycles. The highest BCUT2D eigenvalue weighted by molar-refractivity contribution is 5.85. The maximum Gasteiger partial charge on any atom is 0.310 e. The molecule has 0 fully saturated rings. The Hall–Kier alpha value is -1.36. The molecule has 0 atom stereocenters. The van der Waals surface area contributed by atoms with Crippen molar-refractivity contribution >= 4 is 24.1 Å². The molecule has 1 aromatic rings. The van der Waals surface area contributed by atoms with Crippen LogP contribution in [0.2, 0.25) is 0 Å². The van der Waals surface area contributed by atoms with Crippen LogP contribution in [0.3, 0.4) is 0 Å². The van der Waals surface area contributed by atoms with Crippen LogP contribution in [-0.4, -0.2) is 12.6 Å². The minimum Gasteiger partial charge on any atom is -0.466 e. The Balaban J connectivity index is 0.00000225. The van der Waals surface area contributed by atoms with E-state index >= 15 is 0 Å². The number of esters is 1. The van der Waals surface area contributed by atoms with Gasteiger partial charge < -0.3 is 10.5 Å². The average Bonchev–Trinajstić information content (AvgIpc) is 2.20. The van der Waals surface area contributed by atoms with Crippen molar-refractivity contribution in [2.75, 3.05) is 12.3 Å². The van der Waals surface area contributed by atoms with E-state index < -0.39 is 17.6 Å². The fourth-order valence-corrected chi connectivity index (χ4v) is 1.11. The molecule has 0 aliphatic heterocycles. The summed E-state index contributed by atoms with van der Waals surface area (Å²) in [4.78, 5) is 11.0. The first-order valence-corrected chi connectivity index (χ1v) is 4.44. The minimum absolute atomic E-state index is 0. The Bertz CT molecular complexity index is 385. The number of benzene rings is 1. The number of nitrogen functional groups attached to an aromatic ring is 1. The highest BCUT2D eigenvalue weighted by Gasteiger charge is 2.14. The fraction of sp³-hybridized carbons (Fsp3) is 0.300. The van der Waals surface area contributed by atoms with E-state index in [4.69, 9.17) is 5.73 Å². The number of anilines is 1. The molecule has 0 radical (unpaired) electrons. The quantitative estimate of drug-likeness (QED) is 0.661. The molecule has 1 rings (SSSR count). The van der Waals surface area contributed by atoms with E-state index in [2.05, 4.69) is 4.74 Å². The summed E-state index contributed by atoms with van der Waals surface area (Å²) in [5, 5.41) is 0. The molecular formula is C10H12ClF2NO2. The molecule has 0 unspecified atom stereocenters. The standard InChI is InChI=1S/C10H11F2NO2.ClH/c1-2-15-8(14)5-6-3-4-7(13)10(12)9(6)11;/h3-4H,2,5,13H2,1H3;1H. The molecule has 2 N–H and O–H groups in total. The van der Waals surface area contributed by atoms with Gasteiger partial charge in [0, 0.05) is 5.56 Å². The highest BCUT2D eigenvalue weighted by atomic mass is 35.5. The smallest absolute Gasteiger partial charge is 0.310 e. The van der Waals surface area contributed by atoms with Crippen molar-refractivity contribution in [3.63, 3.8) is 0 Å². The molecule has 16 heavy (non-hydrogen) atoms. The predicted molar refractivity (Wildman–Crippen MR) is 58.4 cm³/mol. The third-order valence-corrected chi connectivity index (χ3v) is 1.83. The number of halogens is 3. The number of hydrogen-bond donors (Lipinski definition) is 1. The van der Waals surface area contributed by atoms with E-state index in [1.165, 1.54) is 12.1 Å². The Labute approximate surface area is 98.0 Å². The molecule has 0 aromatic heterocycles. The van der Waals surface area contributed by atoms with E-state index in [1.54, 1.807) is 6.92 Å². The third kappa shape index (κ3) is 3.34. The Kier molecular flexibility index (Phi) is 5.74. The molecular weight excluding hydrogens is 240 g/mol. The first-order valence-electron chi connectivity index (χ1n) is 4.44. The monoisotopic (exact) mass is 251 g/mol. The summed E-state index contributed by atoms with van der Waals surface area (Å²) in [6.45, 7) is 1.84. The summed E-state index contributed by atoms with van der Waals surface area (Å²) in [5.41, 5.74) is 4.81. The van der Waals surface area contributed by atoms with Gasteiger partial charge in [-0.3, -0.25) is 4.79 Å². The first kappa shape index (κ1) is 14.6. The lowest BCUT2D eigenvalue weighted by molar-refractivity contribution is -0.142. The van der Waals surface area contributed by atoms with Gasteiger partial charge in [-0.1, -0.05) is 6.07 Å². The van der Waals surface area contributed by atoms with Crippen molar-refractivity contribution in [3.05, 3.63) is 29.3 Å². The van der Waals surface area contributed by atoms with E-state index in [-0.39, 0.29) is 36.7 Å². The van der Waals surface area contributed by atoms with Crippen LogP contribution in [0.4, 0.5) is 14.5 Å². The zero-order valence-corrected chi connectivity index (χ0v) is 9.44. The molecule has 0 spiro atoms. The molecule has 3 nitrogen and oxygen atoms in total.